The molecule has 0 fully saturated rings. The summed E-state index contributed by atoms with van der Waals surface area (Å²) in [7, 11) is 4.80. The van der Waals surface area contributed by atoms with Gasteiger partial charge in [0.15, 0.2) is 0 Å². The standard InChI is InChI=1S/C27H54O9/c1-5-6-10-15-24(33-3)23(30)19-26(34-4)25(36-21-29)16-11-8-7-9-12-17-27(31)35-20-22(32-2)14-13-18-28/h22-26,28-30H,5-21H2,1-4H3. The molecule has 5 atom stereocenters. The third kappa shape index (κ3) is 17.6. The van der Waals surface area contributed by atoms with Crippen LogP contribution in [0.5, 0.6) is 0 Å². The van der Waals surface area contributed by atoms with E-state index in [1.165, 1.54) is 0 Å². The molecule has 0 radical (unpaired) electrons. The van der Waals surface area contributed by atoms with Crippen LogP contribution in [0.1, 0.15) is 96.8 Å². The first kappa shape index (κ1) is 35.2. The summed E-state index contributed by atoms with van der Waals surface area (Å²) in [4.78, 5) is 11.9. The van der Waals surface area contributed by atoms with Crippen LogP contribution in [0.2, 0.25) is 0 Å². The zero-order chi connectivity index (χ0) is 27.0. The Balaban J connectivity index is 4.24. The summed E-state index contributed by atoms with van der Waals surface area (Å²) in [6.07, 6.45) is 9.66. The van der Waals surface area contributed by atoms with Gasteiger partial charge in [-0.3, -0.25) is 4.79 Å². The smallest absolute Gasteiger partial charge is 0.305 e. The van der Waals surface area contributed by atoms with Crippen LogP contribution in [0.15, 0.2) is 0 Å². The molecule has 0 aromatic heterocycles. The molecule has 0 rings (SSSR count). The SMILES string of the molecule is CCCCCC(OC)C(O)CC(OC)C(CCCCCCCC(=O)OCC(CCCO)OC)OCO. The van der Waals surface area contributed by atoms with Crippen molar-refractivity contribution in [3.63, 3.8) is 0 Å². The zero-order valence-corrected chi connectivity index (χ0v) is 23.2. The molecule has 9 heteroatoms. The molecule has 9 nitrogen and oxygen atoms in total. The second-order valence-electron chi connectivity index (χ2n) is 9.39. The van der Waals surface area contributed by atoms with Gasteiger partial charge in [-0.05, 0) is 32.1 Å². The molecule has 0 aliphatic rings. The Morgan fingerprint density at radius 3 is 2.00 bits per heavy atom. The minimum Gasteiger partial charge on any atom is -0.463 e. The lowest BCUT2D eigenvalue weighted by Crippen LogP contribution is -2.39. The van der Waals surface area contributed by atoms with Gasteiger partial charge in [0.2, 0.25) is 0 Å². The van der Waals surface area contributed by atoms with Crippen LogP contribution in [0.3, 0.4) is 0 Å². The van der Waals surface area contributed by atoms with E-state index in [1.807, 2.05) is 0 Å². The Bertz CT molecular complexity index is 492. The molecule has 0 saturated carbocycles. The predicted molar refractivity (Wildman–Crippen MR) is 139 cm³/mol. The van der Waals surface area contributed by atoms with Gasteiger partial charge >= 0.3 is 5.97 Å². The van der Waals surface area contributed by atoms with Crippen molar-refractivity contribution < 1.29 is 43.8 Å². The number of aliphatic hydroxyl groups is 3. The van der Waals surface area contributed by atoms with Crippen LogP contribution >= 0.6 is 0 Å². The van der Waals surface area contributed by atoms with E-state index in [4.69, 9.17) is 28.8 Å². The normalized spacial score (nSPS) is 15.9. The van der Waals surface area contributed by atoms with Crippen molar-refractivity contribution in [3.8, 4) is 0 Å². The molecule has 5 unspecified atom stereocenters. The van der Waals surface area contributed by atoms with E-state index in [0.29, 0.717) is 32.1 Å². The van der Waals surface area contributed by atoms with E-state index in [9.17, 15) is 15.0 Å². The third-order valence-corrected chi connectivity index (χ3v) is 6.62. The monoisotopic (exact) mass is 522 g/mol. The number of methoxy groups -OCH3 is 3. The largest absolute Gasteiger partial charge is 0.463 e. The molecule has 0 amide bonds. The molecule has 216 valence electrons. The Hall–Kier alpha value is -0.810. The van der Waals surface area contributed by atoms with Gasteiger partial charge in [-0.2, -0.15) is 0 Å². The molecule has 0 bridgehead atoms. The third-order valence-electron chi connectivity index (χ3n) is 6.62. The zero-order valence-electron chi connectivity index (χ0n) is 23.2. The number of hydrogen-bond acceptors (Lipinski definition) is 9. The molecule has 36 heavy (non-hydrogen) atoms. The number of esters is 1. The van der Waals surface area contributed by atoms with E-state index in [1.54, 1.807) is 21.3 Å². The Morgan fingerprint density at radius 1 is 0.750 bits per heavy atom. The summed E-state index contributed by atoms with van der Waals surface area (Å²) in [5, 5.41) is 28.9. The highest BCUT2D eigenvalue weighted by atomic mass is 16.6. The van der Waals surface area contributed by atoms with Crippen LogP contribution in [-0.4, -0.2) is 93.1 Å². The van der Waals surface area contributed by atoms with E-state index >= 15 is 0 Å². The van der Waals surface area contributed by atoms with E-state index in [0.717, 1.165) is 57.8 Å². The Kier molecular flexibility index (Phi) is 24.0. The van der Waals surface area contributed by atoms with E-state index < -0.39 is 12.9 Å². The minimum absolute atomic E-state index is 0.0994. The molecule has 0 saturated heterocycles. The Labute approximate surface area is 218 Å². The number of ether oxygens (including phenoxy) is 5. The molecule has 0 heterocycles. The summed E-state index contributed by atoms with van der Waals surface area (Å²) < 4.78 is 27.2. The first-order valence-electron chi connectivity index (χ1n) is 13.7. The second-order valence-corrected chi connectivity index (χ2v) is 9.39. The van der Waals surface area contributed by atoms with E-state index in [2.05, 4.69) is 6.92 Å². The van der Waals surface area contributed by atoms with Gasteiger partial charge in [-0.25, -0.2) is 0 Å². The predicted octanol–water partition coefficient (Wildman–Crippen LogP) is 3.74. The van der Waals surface area contributed by atoms with Crippen molar-refractivity contribution in [2.75, 3.05) is 41.3 Å². The average Bonchev–Trinajstić information content (AvgIpc) is 2.88. The van der Waals surface area contributed by atoms with Crippen molar-refractivity contribution in [3.05, 3.63) is 0 Å². The second kappa shape index (κ2) is 24.5. The Morgan fingerprint density at radius 2 is 1.39 bits per heavy atom. The maximum atomic E-state index is 11.9. The summed E-state index contributed by atoms with van der Waals surface area (Å²) in [5.41, 5.74) is 0. The summed E-state index contributed by atoms with van der Waals surface area (Å²) in [6.45, 7) is 2.07. The molecule has 0 spiro atoms. The number of rotatable bonds is 26. The maximum Gasteiger partial charge on any atom is 0.305 e. The van der Waals surface area contributed by atoms with Crippen molar-refractivity contribution in [2.24, 2.45) is 0 Å². The summed E-state index contributed by atoms with van der Waals surface area (Å²) >= 11 is 0. The van der Waals surface area contributed by atoms with Gasteiger partial charge in [0.1, 0.15) is 13.4 Å². The first-order valence-corrected chi connectivity index (χ1v) is 13.7. The van der Waals surface area contributed by atoms with Gasteiger partial charge < -0.3 is 39.0 Å². The summed E-state index contributed by atoms with van der Waals surface area (Å²) in [5.74, 6) is -0.219. The van der Waals surface area contributed by atoms with Crippen LogP contribution in [0, 0.1) is 0 Å². The van der Waals surface area contributed by atoms with Crippen molar-refractivity contribution >= 4 is 5.97 Å². The van der Waals surface area contributed by atoms with Crippen LogP contribution in [0.25, 0.3) is 0 Å². The number of unbranched alkanes of at least 4 members (excludes halogenated alkanes) is 6. The first-order chi connectivity index (χ1) is 17.5. The molecule has 0 aliphatic heterocycles. The molecular weight excluding hydrogens is 468 g/mol. The van der Waals surface area contributed by atoms with Gasteiger partial charge in [-0.15, -0.1) is 0 Å². The number of carbonyl (C=O) groups is 1. The molecule has 0 aromatic rings. The highest BCUT2D eigenvalue weighted by Crippen LogP contribution is 2.21. The highest BCUT2D eigenvalue weighted by molar-refractivity contribution is 5.69. The lowest BCUT2D eigenvalue weighted by atomic mass is 9.96. The topological polar surface area (TPSA) is 124 Å². The minimum atomic E-state index is -0.657. The number of carbonyl (C=O) groups excluding carboxylic acids is 1. The van der Waals surface area contributed by atoms with Gasteiger partial charge in [0.05, 0.1) is 30.5 Å². The molecule has 0 aliphatic carbocycles. The summed E-state index contributed by atoms with van der Waals surface area (Å²) in [6, 6.07) is 0. The molecular formula is C27H54O9. The van der Waals surface area contributed by atoms with Crippen LogP contribution in [-0.2, 0) is 28.5 Å². The van der Waals surface area contributed by atoms with Gasteiger partial charge in [-0.1, -0.05) is 51.9 Å². The van der Waals surface area contributed by atoms with Gasteiger partial charge in [0, 0.05) is 40.8 Å². The number of hydrogen-bond donors (Lipinski definition) is 3. The van der Waals surface area contributed by atoms with Crippen molar-refractivity contribution in [1.29, 1.82) is 0 Å². The fraction of sp³-hybridized carbons (Fsp3) is 0.963. The lowest BCUT2D eigenvalue weighted by molar-refractivity contribution is -0.147. The van der Waals surface area contributed by atoms with Gasteiger partial charge in [0.25, 0.3) is 0 Å². The fourth-order valence-corrected chi connectivity index (χ4v) is 4.32. The lowest BCUT2D eigenvalue weighted by Gasteiger charge is -2.30. The van der Waals surface area contributed by atoms with Crippen LogP contribution in [0.4, 0.5) is 0 Å². The average molecular weight is 523 g/mol. The van der Waals surface area contributed by atoms with E-state index in [-0.39, 0.29) is 43.6 Å². The quantitative estimate of drug-likeness (QED) is 0.0885. The molecule has 0 aromatic carbocycles. The van der Waals surface area contributed by atoms with Crippen LogP contribution < -0.4 is 0 Å². The maximum absolute atomic E-state index is 11.9. The van der Waals surface area contributed by atoms with Crippen molar-refractivity contribution in [2.45, 2.75) is 127 Å². The molecule has 3 N–H and O–H groups in total. The number of aliphatic hydroxyl groups excluding tert-OH is 3. The fourth-order valence-electron chi connectivity index (χ4n) is 4.32. The van der Waals surface area contributed by atoms with Crippen molar-refractivity contribution in [1.82, 2.24) is 0 Å². The highest BCUT2D eigenvalue weighted by Gasteiger charge is 2.28.